The van der Waals surface area contributed by atoms with E-state index in [1.807, 2.05) is 6.07 Å². The molecule has 1 aromatic carbocycles. The molecule has 0 spiro atoms. The number of hydrogen-bond donors (Lipinski definition) is 3. The van der Waals surface area contributed by atoms with E-state index in [0.29, 0.717) is 0 Å². The third-order valence-electron chi connectivity index (χ3n) is 2.29. The van der Waals surface area contributed by atoms with E-state index < -0.39 is 13.9 Å². The van der Waals surface area contributed by atoms with Crippen molar-refractivity contribution in [1.82, 2.24) is 5.32 Å². The minimum Gasteiger partial charge on any atom is -0.314 e. The normalized spacial score (nSPS) is 15.8. The quantitative estimate of drug-likeness (QED) is 0.684. The van der Waals surface area contributed by atoms with E-state index in [-0.39, 0.29) is 6.04 Å². The molecular formula is C10H16NO4P. The van der Waals surface area contributed by atoms with Crippen molar-refractivity contribution in [3.63, 3.8) is 0 Å². The highest BCUT2D eigenvalue weighted by Gasteiger charge is 2.27. The van der Waals surface area contributed by atoms with Gasteiger partial charge in [0.05, 0.1) is 0 Å². The molecule has 0 bridgehead atoms. The Bertz CT molecular complexity index is 364. The van der Waals surface area contributed by atoms with Gasteiger partial charge in [-0.15, -0.1) is 0 Å². The van der Waals surface area contributed by atoms with E-state index in [1.165, 1.54) is 0 Å². The summed E-state index contributed by atoms with van der Waals surface area (Å²) in [6.07, 6.45) is -0.674. The van der Waals surface area contributed by atoms with Crippen LogP contribution in [0.5, 0.6) is 0 Å². The zero-order chi connectivity index (χ0) is 12.2. The molecule has 0 amide bonds. The molecule has 90 valence electrons. The highest BCUT2D eigenvalue weighted by molar-refractivity contribution is 7.46. The standard InChI is InChI=1S/C10H16NO4P/c1-8(11-2)10(15-16(12,13)14)9-6-4-3-5-7-9/h3-8,10-11H,1-2H3,(H2,12,13,14). The van der Waals surface area contributed by atoms with E-state index >= 15 is 0 Å². The average molecular weight is 245 g/mol. The third kappa shape index (κ3) is 4.04. The van der Waals surface area contributed by atoms with Crippen LogP contribution < -0.4 is 5.32 Å². The predicted molar refractivity (Wildman–Crippen MR) is 60.8 cm³/mol. The van der Waals surface area contributed by atoms with Crippen LogP contribution in [0.1, 0.15) is 18.6 Å². The molecule has 0 aromatic heterocycles. The number of benzene rings is 1. The Labute approximate surface area is 94.7 Å². The van der Waals surface area contributed by atoms with Gasteiger partial charge in [-0.3, -0.25) is 4.52 Å². The SMILES string of the molecule is CNC(C)C(OP(=O)(O)O)c1ccccc1. The first-order valence-electron chi connectivity index (χ1n) is 4.90. The molecular weight excluding hydrogens is 229 g/mol. The fraction of sp³-hybridized carbons (Fsp3) is 0.400. The summed E-state index contributed by atoms with van der Waals surface area (Å²) in [6.45, 7) is 1.80. The van der Waals surface area contributed by atoms with Crippen molar-refractivity contribution in [2.75, 3.05) is 7.05 Å². The van der Waals surface area contributed by atoms with Crippen LogP contribution in [-0.4, -0.2) is 22.9 Å². The molecule has 0 radical (unpaired) electrons. The summed E-state index contributed by atoms with van der Waals surface area (Å²) in [4.78, 5) is 17.7. The lowest BCUT2D eigenvalue weighted by Crippen LogP contribution is -2.30. The molecule has 0 fully saturated rings. The third-order valence-corrected chi connectivity index (χ3v) is 2.79. The lowest BCUT2D eigenvalue weighted by atomic mass is 10.0. The van der Waals surface area contributed by atoms with Crippen LogP contribution in [0.4, 0.5) is 0 Å². The first-order valence-corrected chi connectivity index (χ1v) is 6.43. The van der Waals surface area contributed by atoms with Crippen LogP contribution in [0.15, 0.2) is 30.3 Å². The first kappa shape index (κ1) is 13.4. The monoisotopic (exact) mass is 245 g/mol. The van der Waals surface area contributed by atoms with E-state index in [4.69, 9.17) is 14.3 Å². The smallest absolute Gasteiger partial charge is 0.314 e. The summed E-state index contributed by atoms with van der Waals surface area (Å²) in [5.74, 6) is 0. The van der Waals surface area contributed by atoms with Gasteiger partial charge < -0.3 is 15.1 Å². The Morgan fingerprint density at radius 2 is 1.88 bits per heavy atom. The zero-order valence-electron chi connectivity index (χ0n) is 9.20. The molecule has 0 aliphatic heterocycles. The minimum absolute atomic E-state index is 0.199. The molecule has 0 saturated carbocycles. The topological polar surface area (TPSA) is 78.8 Å². The fourth-order valence-corrected chi connectivity index (χ4v) is 1.98. The van der Waals surface area contributed by atoms with Crippen molar-refractivity contribution in [3.8, 4) is 0 Å². The number of rotatable bonds is 5. The van der Waals surface area contributed by atoms with Crippen molar-refractivity contribution < 1.29 is 18.9 Å². The Balaban J connectivity index is 2.93. The van der Waals surface area contributed by atoms with Crippen molar-refractivity contribution in [2.45, 2.75) is 19.1 Å². The second-order valence-electron chi connectivity index (χ2n) is 3.50. The molecule has 0 heterocycles. The van der Waals surface area contributed by atoms with Gasteiger partial charge >= 0.3 is 7.82 Å². The van der Waals surface area contributed by atoms with Crippen LogP contribution in [0.2, 0.25) is 0 Å². The maximum atomic E-state index is 10.9. The van der Waals surface area contributed by atoms with Crippen LogP contribution in [0.25, 0.3) is 0 Å². The number of phosphoric acid groups is 1. The van der Waals surface area contributed by atoms with E-state index in [9.17, 15) is 4.57 Å². The second-order valence-corrected chi connectivity index (χ2v) is 4.70. The maximum Gasteiger partial charge on any atom is 0.470 e. The van der Waals surface area contributed by atoms with Crippen LogP contribution in [0, 0.1) is 0 Å². The molecule has 0 aliphatic carbocycles. The molecule has 1 rings (SSSR count). The van der Waals surface area contributed by atoms with Gasteiger partial charge in [-0.05, 0) is 19.5 Å². The molecule has 5 nitrogen and oxygen atoms in total. The van der Waals surface area contributed by atoms with Crippen LogP contribution in [0.3, 0.4) is 0 Å². The Hall–Kier alpha value is -0.710. The summed E-state index contributed by atoms with van der Waals surface area (Å²) >= 11 is 0. The van der Waals surface area contributed by atoms with E-state index in [1.54, 1.807) is 38.2 Å². The van der Waals surface area contributed by atoms with Crippen molar-refractivity contribution in [1.29, 1.82) is 0 Å². The van der Waals surface area contributed by atoms with Crippen LogP contribution >= 0.6 is 7.82 Å². The fourth-order valence-electron chi connectivity index (χ4n) is 1.38. The Kier molecular flexibility index (Phi) is 4.65. The zero-order valence-corrected chi connectivity index (χ0v) is 10.1. The van der Waals surface area contributed by atoms with Crippen molar-refractivity contribution >= 4 is 7.82 Å². The molecule has 0 aliphatic rings. The minimum atomic E-state index is -4.49. The number of likely N-dealkylation sites (N-methyl/N-ethyl adjacent to an activating group) is 1. The summed E-state index contributed by atoms with van der Waals surface area (Å²) in [7, 11) is -2.78. The predicted octanol–water partition coefficient (Wildman–Crippen LogP) is 1.44. The molecule has 6 heteroatoms. The van der Waals surface area contributed by atoms with E-state index in [2.05, 4.69) is 5.32 Å². The van der Waals surface area contributed by atoms with Gasteiger partial charge in [-0.2, -0.15) is 0 Å². The van der Waals surface area contributed by atoms with Gasteiger partial charge in [-0.25, -0.2) is 4.57 Å². The van der Waals surface area contributed by atoms with Gasteiger partial charge in [0, 0.05) is 6.04 Å². The lowest BCUT2D eigenvalue weighted by molar-refractivity contribution is 0.110. The maximum absolute atomic E-state index is 10.9. The average Bonchev–Trinajstić information content (AvgIpc) is 2.25. The molecule has 1 aromatic rings. The second kappa shape index (κ2) is 5.57. The van der Waals surface area contributed by atoms with Crippen LogP contribution in [-0.2, 0) is 9.09 Å². The Morgan fingerprint density at radius 3 is 2.31 bits per heavy atom. The largest absolute Gasteiger partial charge is 0.470 e. The van der Waals surface area contributed by atoms with E-state index in [0.717, 1.165) is 5.56 Å². The first-order chi connectivity index (χ1) is 7.44. The molecule has 3 N–H and O–H groups in total. The van der Waals surface area contributed by atoms with Gasteiger partial charge in [0.2, 0.25) is 0 Å². The van der Waals surface area contributed by atoms with Crippen molar-refractivity contribution in [2.24, 2.45) is 0 Å². The number of nitrogens with one attached hydrogen (secondary N) is 1. The van der Waals surface area contributed by atoms with Gasteiger partial charge in [0.15, 0.2) is 0 Å². The van der Waals surface area contributed by atoms with Gasteiger partial charge in [0.25, 0.3) is 0 Å². The number of hydrogen-bond acceptors (Lipinski definition) is 3. The highest BCUT2D eigenvalue weighted by Crippen LogP contribution is 2.43. The summed E-state index contributed by atoms with van der Waals surface area (Å²) in [5.41, 5.74) is 0.729. The van der Waals surface area contributed by atoms with Gasteiger partial charge in [-0.1, -0.05) is 30.3 Å². The van der Waals surface area contributed by atoms with Gasteiger partial charge in [0.1, 0.15) is 6.10 Å². The molecule has 0 saturated heterocycles. The lowest BCUT2D eigenvalue weighted by Gasteiger charge is -2.24. The Morgan fingerprint density at radius 1 is 1.31 bits per heavy atom. The molecule has 2 unspecified atom stereocenters. The highest BCUT2D eigenvalue weighted by atomic mass is 31.2. The van der Waals surface area contributed by atoms with Crippen molar-refractivity contribution in [3.05, 3.63) is 35.9 Å². The molecule has 16 heavy (non-hydrogen) atoms. The summed E-state index contributed by atoms with van der Waals surface area (Å²) < 4.78 is 15.7. The molecule has 2 atom stereocenters. The number of phosphoric ester groups is 1. The summed E-state index contributed by atoms with van der Waals surface area (Å²) in [6, 6.07) is 8.78. The summed E-state index contributed by atoms with van der Waals surface area (Å²) in [5, 5.41) is 2.92.